The third-order valence-corrected chi connectivity index (χ3v) is 5.01. The molecule has 3 rings (SSSR count). The van der Waals surface area contributed by atoms with Crippen LogP contribution in [0.2, 0.25) is 5.02 Å². The lowest BCUT2D eigenvalue weighted by atomic mass is 9.86. The fourth-order valence-corrected chi connectivity index (χ4v) is 3.51. The maximum Gasteiger partial charge on any atom is 0.119 e. The normalized spacial score (nSPS) is 25.9. The van der Waals surface area contributed by atoms with Gasteiger partial charge in [-0.25, -0.2) is 0 Å². The summed E-state index contributed by atoms with van der Waals surface area (Å²) in [5.74, 6) is 0.801. The van der Waals surface area contributed by atoms with Crippen molar-refractivity contribution in [2.75, 3.05) is 13.2 Å². The highest BCUT2D eigenvalue weighted by Gasteiger charge is 2.44. The van der Waals surface area contributed by atoms with E-state index >= 15 is 0 Å². The van der Waals surface area contributed by atoms with Gasteiger partial charge in [0.25, 0.3) is 0 Å². The maximum atomic E-state index is 10.0. The van der Waals surface area contributed by atoms with Crippen LogP contribution in [-0.4, -0.2) is 35.6 Å². The van der Waals surface area contributed by atoms with Crippen molar-refractivity contribution in [2.24, 2.45) is 5.41 Å². The highest BCUT2D eigenvalue weighted by atomic mass is 35.5. The summed E-state index contributed by atoms with van der Waals surface area (Å²) in [6.07, 6.45) is -0.350. The molecule has 0 spiro atoms. The van der Waals surface area contributed by atoms with E-state index in [2.05, 4.69) is 5.32 Å². The SMILES string of the molecule is O[C@@H]1CC(CNCc2ccc(Cl)cc2)(COc2ccccc2)C[C@@H]1O. The van der Waals surface area contributed by atoms with Crippen LogP contribution in [0, 0.1) is 5.41 Å². The van der Waals surface area contributed by atoms with E-state index in [0.29, 0.717) is 32.5 Å². The Morgan fingerprint density at radius 3 is 2.28 bits per heavy atom. The molecule has 0 amide bonds. The molecule has 134 valence electrons. The Labute approximate surface area is 153 Å². The van der Waals surface area contributed by atoms with Crippen LogP contribution < -0.4 is 10.1 Å². The van der Waals surface area contributed by atoms with Gasteiger partial charge >= 0.3 is 0 Å². The van der Waals surface area contributed by atoms with Gasteiger partial charge in [0.05, 0.1) is 18.8 Å². The monoisotopic (exact) mass is 361 g/mol. The molecule has 5 heteroatoms. The number of halogens is 1. The summed E-state index contributed by atoms with van der Waals surface area (Å²) in [6, 6.07) is 17.3. The third-order valence-electron chi connectivity index (χ3n) is 4.76. The van der Waals surface area contributed by atoms with Crippen molar-refractivity contribution in [1.82, 2.24) is 5.32 Å². The lowest BCUT2D eigenvalue weighted by molar-refractivity contribution is 0.0438. The molecule has 0 aromatic heterocycles. The van der Waals surface area contributed by atoms with Crippen LogP contribution in [0.4, 0.5) is 0 Å². The van der Waals surface area contributed by atoms with Gasteiger partial charge in [0.2, 0.25) is 0 Å². The topological polar surface area (TPSA) is 61.7 Å². The van der Waals surface area contributed by atoms with E-state index in [1.165, 1.54) is 0 Å². The van der Waals surface area contributed by atoms with Crippen LogP contribution in [0.15, 0.2) is 54.6 Å². The molecule has 2 aromatic rings. The van der Waals surface area contributed by atoms with E-state index in [4.69, 9.17) is 16.3 Å². The number of aliphatic hydroxyl groups is 2. The van der Waals surface area contributed by atoms with Crippen LogP contribution in [-0.2, 0) is 6.54 Å². The molecule has 1 aliphatic carbocycles. The van der Waals surface area contributed by atoms with Crippen LogP contribution in [0.25, 0.3) is 0 Å². The molecule has 1 unspecified atom stereocenters. The van der Waals surface area contributed by atoms with Crippen molar-refractivity contribution in [3.8, 4) is 5.75 Å². The summed E-state index contributed by atoms with van der Waals surface area (Å²) < 4.78 is 5.93. The fourth-order valence-electron chi connectivity index (χ4n) is 3.38. The third kappa shape index (κ3) is 4.95. The minimum absolute atomic E-state index is 0.291. The predicted octanol–water partition coefficient (Wildman–Crippen LogP) is 3.01. The van der Waals surface area contributed by atoms with Gasteiger partial charge in [-0.3, -0.25) is 0 Å². The molecule has 3 atom stereocenters. The first-order valence-electron chi connectivity index (χ1n) is 8.55. The molecular weight excluding hydrogens is 338 g/mol. The van der Waals surface area contributed by atoms with E-state index in [0.717, 1.165) is 16.3 Å². The molecule has 1 saturated carbocycles. The summed E-state index contributed by atoms with van der Waals surface area (Å²) >= 11 is 5.91. The molecule has 0 heterocycles. The van der Waals surface area contributed by atoms with Crippen LogP contribution >= 0.6 is 11.6 Å². The average Bonchev–Trinajstić information content (AvgIpc) is 2.90. The summed E-state index contributed by atoms with van der Waals surface area (Å²) in [5.41, 5.74) is 0.851. The minimum Gasteiger partial charge on any atom is -0.493 e. The Morgan fingerprint density at radius 1 is 1.00 bits per heavy atom. The van der Waals surface area contributed by atoms with Crippen molar-refractivity contribution in [2.45, 2.75) is 31.6 Å². The Balaban J connectivity index is 1.60. The molecule has 25 heavy (non-hydrogen) atoms. The number of para-hydroxylation sites is 1. The molecule has 1 aliphatic rings. The molecule has 0 radical (unpaired) electrons. The molecule has 0 aliphatic heterocycles. The van der Waals surface area contributed by atoms with E-state index in [1.54, 1.807) is 0 Å². The van der Waals surface area contributed by atoms with Crippen LogP contribution in [0.1, 0.15) is 18.4 Å². The molecule has 2 aromatic carbocycles. The zero-order chi connectivity index (χ0) is 17.7. The second-order valence-corrected chi connectivity index (χ2v) is 7.31. The second kappa shape index (κ2) is 8.19. The minimum atomic E-state index is -0.697. The van der Waals surface area contributed by atoms with Gasteiger partial charge in [0.15, 0.2) is 0 Å². The molecule has 4 nitrogen and oxygen atoms in total. The van der Waals surface area contributed by atoms with Gasteiger partial charge in [-0.05, 0) is 42.7 Å². The van der Waals surface area contributed by atoms with E-state index in [-0.39, 0.29) is 5.41 Å². The van der Waals surface area contributed by atoms with E-state index in [9.17, 15) is 10.2 Å². The number of aliphatic hydroxyl groups excluding tert-OH is 2. The van der Waals surface area contributed by atoms with Crippen molar-refractivity contribution in [3.05, 3.63) is 65.2 Å². The highest BCUT2D eigenvalue weighted by Crippen LogP contribution is 2.38. The first-order chi connectivity index (χ1) is 12.1. The lowest BCUT2D eigenvalue weighted by Crippen LogP contribution is -2.37. The van der Waals surface area contributed by atoms with Gasteiger partial charge in [-0.15, -0.1) is 0 Å². The average molecular weight is 362 g/mol. The van der Waals surface area contributed by atoms with Gasteiger partial charge < -0.3 is 20.3 Å². The lowest BCUT2D eigenvalue weighted by Gasteiger charge is -2.29. The Kier molecular flexibility index (Phi) is 5.97. The second-order valence-electron chi connectivity index (χ2n) is 6.87. The van der Waals surface area contributed by atoms with Gasteiger partial charge in [-0.1, -0.05) is 41.9 Å². The number of rotatable bonds is 7. The van der Waals surface area contributed by atoms with Crippen LogP contribution in [0.5, 0.6) is 5.75 Å². The summed E-state index contributed by atoms with van der Waals surface area (Å²) in [7, 11) is 0. The van der Waals surface area contributed by atoms with Crippen molar-refractivity contribution >= 4 is 11.6 Å². The van der Waals surface area contributed by atoms with Gasteiger partial charge in [-0.2, -0.15) is 0 Å². The smallest absolute Gasteiger partial charge is 0.119 e. The first-order valence-corrected chi connectivity index (χ1v) is 8.93. The number of hydrogen-bond donors (Lipinski definition) is 3. The summed E-state index contributed by atoms with van der Waals surface area (Å²) in [4.78, 5) is 0. The quantitative estimate of drug-likeness (QED) is 0.709. The Morgan fingerprint density at radius 2 is 1.64 bits per heavy atom. The molecule has 0 saturated heterocycles. The van der Waals surface area contributed by atoms with Gasteiger partial charge in [0, 0.05) is 23.5 Å². The Bertz CT molecular complexity index is 652. The number of ether oxygens (including phenoxy) is 1. The van der Waals surface area contributed by atoms with Crippen molar-refractivity contribution in [1.29, 1.82) is 0 Å². The van der Waals surface area contributed by atoms with Crippen molar-refractivity contribution < 1.29 is 14.9 Å². The van der Waals surface area contributed by atoms with Gasteiger partial charge in [0.1, 0.15) is 5.75 Å². The van der Waals surface area contributed by atoms with Crippen molar-refractivity contribution in [3.63, 3.8) is 0 Å². The van der Waals surface area contributed by atoms with E-state index < -0.39 is 12.2 Å². The largest absolute Gasteiger partial charge is 0.493 e. The summed E-state index contributed by atoms with van der Waals surface area (Å²) in [5, 5.41) is 24.2. The zero-order valence-corrected chi connectivity index (χ0v) is 14.8. The van der Waals surface area contributed by atoms with Crippen LogP contribution in [0.3, 0.4) is 0 Å². The number of hydrogen-bond acceptors (Lipinski definition) is 4. The molecule has 0 bridgehead atoms. The highest BCUT2D eigenvalue weighted by molar-refractivity contribution is 6.30. The Hall–Kier alpha value is -1.59. The number of nitrogens with one attached hydrogen (secondary N) is 1. The van der Waals surface area contributed by atoms with E-state index in [1.807, 2.05) is 54.6 Å². The molecule has 1 fully saturated rings. The molecule has 3 N–H and O–H groups in total. The fraction of sp³-hybridized carbons (Fsp3) is 0.400. The maximum absolute atomic E-state index is 10.0. The first kappa shape index (κ1) is 18.2. The summed E-state index contributed by atoms with van der Waals surface area (Å²) in [6.45, 7) is 1.83. The number of benzene rings is 2. The predicted molar refractivity (Wildman–Crippen MR) is 98.8 cm³/mol. The molecular formula is C20H24ClNO3. The standard InChI is InChI=1S/C20H24ClNO3/c21-16-8-6-15(7-9-16)12-22-13-20(10-18(23)19(24)11-20)14-25-17-4-2-1-3-5-17/h1-9,18-19,22-24H,10-14H2/t18-,19+,20?. The zero-order valence-electron chi connectivity index (χ0n) is 14.1.